The molecule has 0 fully saturated rings. The number of aromatic nitrogens is 2. The molecule has 1 aromatic heterocycles. The number of amides is 2. The molecule has 0 bridgehead atoms. The minimum Gasteiger partial charge on any atom is -0.349 e. The topological polar surface area (TPSA) is 76.0 Å². The van der Waals surface area contributed by atoms with E-state index < -0.39 is 11.7 Å². The van der Waals surface area contributed by atoms with Gasteiger partial charge < -0.3 is 15.2 Å². The third kappa shape index (κ3) is 3.51. The lowest BCUT2D eigenvalue weighted by molar-refractivity contribution is -0.126. The largest absolute Gasteiger partial charge is 0.349 e. The molecule has 1 aliphatic rings. The number of carbonyl (C=O) groups excluding carboxylic acids is 2. The van der Waals surface area contributed by atoms with Gasteiger partial charge in [0.1, 0.15) is 5.82 Å². The second kappa shape index (κ2) is 7.26. The molecule has 0 saturated carbocycles. The average Bonchev–Trinajstić information content (AvgIpc) is 3.21. The van der Waals surface area contributed by atoms with Gasteiger partial charge in [0, 0.05) is 30.2 Å². The lowest BCUT2D eigenvalue weighted by Crippen LogP contribution is -2.36. The van der Waals surface area contributed by atoms with Gasteiger partial charge in [-0.15, -0.1) is 0 Å². The van der Waals surface area contributed by atoms with Gasteiger partial charge in [-0.3, -0.25) is 9.59 Å². The number of halogens is 1. The molecule has 7 heteroatoms. The summed E-state index contributed by atoms with van der Waals surface area (Å²) in [7, 11) is 0. The third-order valence-corrected chi connectivity index (χ3v) is 4.93. The molecule has 3 aromatic rings. The molecule has 0 spiro atoms. The molecule has 2 N–H and O–H groups in total. The first-order valence-electron chi connectivity index (χ1n) is 8.99. The highest BCUT2D eigenvalue weighted by atomic mass is 19.1. The SMILES string of the molecule is CC(NC(=O)C1CC(=O)Nc2cc(F)ccc21)c1ccc(-n2ccnc2)cc1. The van der Waals surface area contributed by atoms with Crippen LogP contribution in [-0.4, -0.2) is 21.4 Å². The van der Waals surface area contributed by atoms with Gasteiger partial charge in [0.25, 0.3) is 0 Å². The smallest absolute Gasteiger partial charge is 0.228 e. The molecule has 2 aromatic carbocycles. The van der Waals surface area contributed by atoms with Crippen molar-refractivity contribution in [2.75, 3.05) is 5.32 Å². The van der Waals surface area contributed by atoms with Gasteiger partial charge >= 0.3 is 0 Å². The number of anilines is 1. The molecule has 0 aliphatic carbocycles. The lowest BCUT2D eigenvalue weighted by Gasteiger charge is -2.26. The molecule has 2 unspecified atom stereocenters. The zero-order valence-corrected chi connectivity index (χ0v) is 15.2. The van der Waals surface area contributed by atoms with Gasteiger partial charge in [-0.1, -0.05) is 18.2 Å². The van der Waals surface area contributed by atoms with Gasteiger partial charge in [-0.05, 0) is 42.3 Å². The Labute approximate surface area is 161 Å². The summed E-state index contributed by atoms with van der Waals surface area (Å²) in [4.78, 5) is 28.8. The van der Waals surface area contributed by atoms with Crippen LogP contribution in [0.5, 0.6) is 0 Å². The van der Waals surface area contributed by atoms with E-state index in [4.69, 9.17) is 0 Å². The quantitative estimate of drug-likeness (QED) is 0.731. The van der Waals surface area contributed by atoms with Gasteiger partial charge in [-0.25, -0.2) is 9.37 Å². The van der Waals surface area contributed by atoms with Crippen LogP contribution in [0.3, 0.4) is 0 Å². The highest BCUT2D eigenvalue weighted by Gasteiger charge is 2.31. The normalized spacial score (nSPS) is 16.8. The predicted octanol–water partition coefficient (Wildman–Crippen LogP) is 3.31. The minimum absolute atomic E-state index is 0.0384. The molecule has 28 heavy (non-hydrogen) atoms. The summed E-state index contributed by atoms with van der Waals surface area (Å²) in [6, 6.07) is 11.6. The average molecular weight is 378 g/mol. The first-order valence-corrected chi connectivity index (χ1v) is 8.99. The first-order chi connectivity index (χ1) is 13.5. The van der Waals surface area contributed by atoms with Gasteiger partial charge in [0.15, 0.2) is 0 Å². The number of benzene rings is 2. The fraction of sp³-hybridized carbons (Fsp3) is 0.190. The predicted molar refractivity (Wildman–Crippen MR) is 103 cm³/mol. The van der Waals surface area contributed by atoms with Crippen molar-refractivity contribution in [2.24, 2.45) is 0 Å². The van der Waals surface area contributed by atoms with Crippen molar-refractivity contribution >= 4 is 17.5 Å². The second-order valence-corrected chi connectivity index (χ2v) is 6.83. The van der Waals surface area contributed by atoms with Crippen molar-refractivity contribution in [1.82, 2.24) is 14.9 Å². The minimum atomic E-state index is -0.642. The molecule has 4 rings (SSSR count). The zero-order chi connectivity index (χ0) is 19.7. The molecule has 6 nitrogen and oxygen atoms in total. The summed E-state index contributed by atoms with van der Waals surface area (Å²) in [5, 5.41) is 5.59. The van der Waals surface area contributed by atoms with Crippen molar-refractivity contribution in [3.8, 4) is 5.69 Å². The van der Waals surface area contributed by atoms with Crippen molar-refractivity contribution in [3.63, 3.8) is 0 Å². The van der Waals surface area contributed by atoms with E-state index in [1.165, 1.54) is 12.1 Å². The number of nitrogens with one attached hydrogen (secondary N) is 2. The molecule has 2 heterocycles. The van der Waals surface area contributed by atoms with Crippen molar-refractivity contribution in [3.05, 3.63) is 78.1 Å². The fourth-order valence-corrected chi connectivity index (χ4v) is 3.42. The second-order valence-electron chi connectivity index (χ2n) is 6.83. The van der Waals surface area contributed by atoms with E-state index in [0.717, 1.165) is 11.3 Å². The molecular formula is C21H19FN4O2. The maximum atomic E-state index is 13.5. The maximum absolute atomic E-state index is 13.5. The van der Waals surface area contributed by atoms with Crippen LogP contribution >= 0.6 is 0 Å². The number of rotatable bonds is 4. The lowest BCUT2D eigenvalue weighted by atomic mass is 9.89. The van der Waals surface area contributed by atoms with Crippen LogP contribution in [0.2, 0.25) is 0 Å². The van der Waals surface area contributed by atoms with Gasteiger partial charge in [0.2, 0.25) is 11.8 Å². The van der Waals surface area contributed by atoms with Crippen LogP contribution in [0.15, 0.2) is 61.2 Å². The van der Waals surface area contributed by atoms with Crippen LogP contribution < -0.4 is 10.6 Å². The number of fused-ring (bicyclic) bond motifs is 1. The van der Waals surface area contributed by atoms with Crippen molar-refractivity contribution in [1.29, 1.82) is 0 Å². The summed E-state index contributed by atoms with van der Waals surface area (Å²) in [6.07, 6.45) is 5.32. The summed E-state index contributed by atoms with van der Waals surface area (Å²) < 4.78 is 15.4. The fourth-order valence-electron chi connectivity index (χ4n) is 3.42. The summed E-state index contributed by atoms with van der Waals surface area (Å²) in [5.41, 5.74) is 2.89. The number of nitrogens with zero attached hydrogens (tertiary/aromatic N) is 2. The van der Waals surface area contributed by atoms with E-state index in [0.29, 0.717) is 11.3 Å². The third-order valence-electron chi connectivity index (χ3n) is 4.93. The molecule has 1 aliphatic heterocycles. The zero-order valence-electron chi connectivity index (χ0n) is 15.2. The Balaban J connectivity index is 1.50. The Morgan fingerprint density at radius 3 is 2.79 bits per heavy atom. The maximum Gasteiger partial charge on any atom is 0.228 e. The molecule has 142 valence electrons. The first kappa shape index (κ1) is 17.9. The number of imidazole rings is 1. The summed E-state index contributed by atoms with van der Waals surface area (Å²) in [6.45, 7) is 1.89. The summed E-state index contributed by atoms with van der Waals surface area (Å²) in [5.74, 6) is -1.65. The molecule has 0 radical (unpaired) electrons. The van der Waals surface area contributed by atoms with Crippen LogP contribution in [0.1, 0.15) is 36.4 Å². The highest BCUT2D eigenvalue weighted by molar-refractivity contribution is 6.01. The number of carbonyl (C=O) groups is 2. The molecule has 2 atom stereocenters. The van der Waals surface area contributed by atoms with Crippen LogP contribution in [0.4, 0.5) is 10.1 Å². The Hall–Kier alpha value is -3.48. The summed E-state index contributed by atoms with van der Waals surface area (Å²) >= 11 is 0. The number of hydrogen-bond donors (Lipinski definition) is 2. The van der Waals surface area contributed by atoms with Gasteiger partial charge in [-0.2, -0.15) is 0 Å². The van der Waals surface area contributed by atoms with Crippen molar-refractivity contribution < 1.29 is 14.0 Å². The van der Waals surface area contributed by atoms with Crippen molar-refractivity contribution in [2.45, 2.75) is 25.3 Å². The van der Waals surface area contributed by atoms with E-state index in [1.807, 2.05) is 42.0 Å². The Bertz CT molecular complexity index is 1020. The monoisotopic (exact) mass is 378 g/mol. The standard InChI is InChI=1S/C21H19FN4O2/c1-13(14-2-5-16(6-3-14)26-9-8-23-12-26)24-21(28)18-11-20(27)25-19-10-15(22)4-7-17(18)19/h2-10,12-13,18H,11H2,1H3,(H,24,28)(H,25,27). The molecular weight excluding hydrogens is 359 g/mol. The van der Waals surface area contributed by atoms with Gasteiger partial charge in [0.05, 0.1) is 18.3 Å². The van der Waals surface area contributed by atoms with E-state index in [1.54, 1.807) is 18.6 Å². The van der Waals surface area contributed by atoms with E-state index in [9.17, 15) is 14.0 Å². The number of hydrogen-bond acceptors (Lipinski definition) is 3. The van der Waals surface area contributed by atoms with Crippen LogP contribution in [0.25, 0.3) is 5.69 Å². The van der Waals surface area contributed by atoms with E-state index in [-0.39, 0.29) is 24.3 Å². The molecule has 0 saturated heterocycles. The Morgan fingerprint density at radius 1 is 1.29 bits per heavy atom. The highest BCUT2D eigenvalue weighted by Crippen LogP contribution is 2.33. The van der Waals surface area contributed by atoms with Crippen LogP contribution in [0, 0.1) is 5.82 Å². The van der Waals surface area contributed by atoms with E-state index in [2.05, 4.69) is 15.6 Å². The Morgan fingerprint density at radius 2 is 2.07 bits per heavy atom. The Kier molecular flexibility index (Phi) is 4.65. The van der Waals surface area contributed by atoms with Crippen LogP contribution in [-0.2, 0) is 9.59 Å². The van der Waals surface area contributed by atoms with E-state index >= 15 is 0 Å². The molecule has 2 amide bonds.